The fourth-order valence-corrected chi connectivity index (χ4v) is 3.12. The van der Waals surface area contributed by atoms with Crippen molar-refractivity contribution in [3.8, 4) is 0 Å². The first-order valence-electron chi connectivity index (χ1n) is 6.79. The van der Waals surface area contributed by atoms with Gasteiger partial charge in [-0.05, 0) is 29.7 Å². The zero-order chi connectivity index (χ0) is 16.4. The molecule has 1 heterocycles. The number of primary amides is 1. The Hall–Kier alpha value is -2.73. The second kappa shape index (κ2) is 6.18. The van der Waals surface area contributed by atoms with Crippen molar-refractivity contribution in [1.29, 1.82) is 0 Å². The van der Waals surface area contributed by atoms with Crippen molar-refractivity contribution >= 4 is 33.3 Å². The molecule has 0 saturated heterocycles. The summed E-state index contributed by atoms with van der Waals surface area (Å²) < 4.78 is 19.2. The van der Waals surface area contributed by atoms with E-state index in [-0.39, 0.29) is 10.7 Å². The molecule has 4 nitrogen and oxygen atoms in total. The molecule has 3 aromatic rings. The van der Waals surface area contributed by atoms with Crippen molar-refractivity contribution in [1.82, 2.24) is 0 Å². The molecule has 0 aliphatic heterocycles. The predicted molar refractivity (Wildman–Crippen MR) is 85.6 cm³/mol. The van der Waals surface area contributed by atoms with Crippen molar-refractivity contribution < 1.29 is 18.7 Å². The van der Waals surface area contributed by atoms with Crippen molar-refractivity contribution in [3.63, 3.8) is 0 Å². The second-order valence-electron chi connectivity index (χ2n) is 4.89. The number of benzene rings is 2. The monoisotopic (exact) mass is 329 g/mol. The summed E-state index contributed by atoms with van der Waals surface area (Å²) in [5.74, 6) is -1.80. The Morgan fingerprint density at radius 3 is 2.52 bits per heavy atom. The van der Waals surface area contributed by atoms with Gasteiger partial charge in [0.1, 0.15) is 10.7 Å². The van der Waals surface area contributed by atoms with Crippen LogP contribution in [-0.4, -0.2) is 11.9 Å². The molecule has 0 aliphatic rings. The second-order valence-corrected chi connectivity index (χ2v) is 5.97. The van der Waals surface area contributed by atoms with Crippen LogP contribution >= 0.6 is 11.3 Å². The van der Waals surface area contributed by atoms with Crippen LogP contribution in [0.2, 0.25) is 0 Å². The van der Waals surface area contributed by atoms with E-state index in [0.29, 0.717) is 10.9 Å². The lowest BCUT2D eigenvalue weighted by molar-refractivity contribution is -0.127. The predicted octanol–water partition coefficient (Wildman–Crippen LogP) is 3.42. The maximum Gasteiger partial charge on any atom is 0.349 e. The van der Waals surface area contributed by atoms with Gasteiger partial charge in [0.15, 0.2) is 0 Å². The van der Waals surface area contributed by atoms with E-state index >= 15 is 0 Å². The Morgan fingerprint density at radius 2 is 1.83 bits per heavy atom. The highest BCUT2D eigenvalue weighted by Crippen LogP contribution is 2.28. The number of hydrogen-bond donors (Lipinski definition) is 1. The number of carbonyl (C=O) groups excluding carboxylic acids is 2. The Morgan fingerprint density at radius 1 is 1.09 bits per heavy atom. The first-order chi connectivity index (χ1) is 11.0. The van der Waals surface area contributed by atoms with E-state index in [2.05, 4.69) is 0 Å². The van der Waals surface area contributed by atoms with Gasteiger partial charge in [-0.25, -0.2) is 9.18 Å². The molecule has 3 rings (SSSR count). The van der Waals surface area contributed by atoms with E-state index in [1.54, 1.807) is 36.4 Å². The van der Waals surface area contributed by atoms with Crippen molar-refractivity contribution in [3.05, 3.63) is 70.9 Å². The van der Waals surface area contributed by atoms with Crippen LogP contribution in [0.4, 0.5) is 4.39 Å². The molecule has 0 aliphatic carbocycles. The molecule has 1 aromatic heterocycles. The summed E-state index contributed by atoms with van der Waals surface area (Å²) in [7, 11) is 0. The number of amides is 1. The molecule has 2 N–H and O–H groups in total. The quantitative estimate of drug-likeness (QED) is 0.746. The Balaban J connectivity index is 1.87. The number of nitrogens with two attached hydrogens (primary N) is 1. The first-order valence-corrected chi connectivity index (χ1v) is 7.60. The van der Waals surface area contributed by atoms with Gasteiger partial charge in [-0.2, -0.15) is 0 Å². The Labute approximate surface area is 135 Å². The lowest BCUT2D eigenvalue weighted by atomic mass is 10.1. The molecule has 1 atom stereocenters. The lowest BCUT2D eigenvalue weighted by Crippen LogP contribution is -2.26. The molecule has 2 aromatic carbocycles. The number of rotatable bonds is 4. The van der Waals surface area contributed by atoms with Crippen LogP contribution in [-0.2, 0) is 9.53 Å². The van der Waals surface area contributed by atoms with E-state index in [0.717, 1.165) is 4.70 Å². The molecule has 6 heteroatoms. The van der Waals surface area contributed by atoms with Crippen LogP contribution in [0.3, 0.4) is 0 Å². The molecule has 0 bridgehead atoms. The minimum Gasteiger partial charge on any atom is -0.443 e. The average molecular weight is 329 g/mol. The zero-order valence-electron chi connectivity index (χ0n) is 11.9. The van der Waals surface area contributed by atoms with Crippen LogP contribution in [0.15, 0.2) is 54.6 Å². The number of thiophene rings is 1. The summed E-state index contributed by atoms with van der Waals surface area (Å²) in [6.45, 7) is 0. The van der Waals surface area contributed by atoms with Crippen LogP contribution in [0, 0.1) is 5.82 Å². The van der Waals surface area contributed by atoms with E-state index in [9.17, 15) is 14.0 Å². The number of carbonyl (C=O) groups is 2. The zero-order valence-corrected chi connectivity index (χ0v) is 12.7. The third kappa shape index (κ3) is 3.22. The first kappa shape index (κ1) is 15.2. The van der Waals surface area contributed by atoms with Crippen LogP contribution in [0.1, 0.15) is 21.3 Å². The third-order valence-corrected chi connectivity index (χ3v) is 4.36. The van der Waals surface area contributed by atoms with Gasteiger partial charge in [-0.15, -0.1) is 11.3 Å². The fraction of sp³-hybridized carbons (Fsp3) is 0.0588. The number of esters is 1. The van der Waals surface area contributed by atoms with Gasteiger partial charge in [0, 0.05) is 10.3 Å². The minimum absolute atomic E-state index is 0.285. The van der Waals surface area contributed by atoms with Crippen LogP contribution in [0.25, 0.3) is 10.1 Å². The number of fused-ring (bicyclic) bond motifs is 1. The van der Waals surface area contributed by atoms with Gasteiger partial charge < -0.3 is 10.5 Å². The Kier molecular flexibility index (Phi) is 4.08. The van der Waals surface area contributed by atoms with E-state index in [1.165, 1.54) is 29.5 Å². The van der Waals surface area contributed by atoms with Crippen LogP contribution in [0.5, 0.6) is 0 Å². The van der Waals surface area contributed by atoms with E-state index in [1.807, 2.05) is 0 Å². The van der Waals surface area contributed by atoms with Gasteiger partial charge in [0.05, 0.1) is 0 Å². The smallest absolute Gasteiger partial charge is 0.349 e. The summed E-state index contributed by atoms with van der Waals surface area (Å²) in [6.07, 6.45) is -1.16. The maximum atomic E-state index is 13.2. The molecule has 23 heavy (non-hydrogen) atoms. The number of ether oxygens (including phenoxy) is 1. The molecule has 116 valence electrons. The van der Waals surface area contributed by atoms with E-state index < -0.39 is 18.0 Å². The van der Waals surface area contributed by atoms with Crippen molar-refractivity contribution in [2.75, 3.05) is 0 Å². The third-order valence-electron chi connectivity index (χ3n) is 3.27. The van der Waals surface area contributed by atoms with Crippen molar-refractivity contribution in [2.45, 2.75) is 6.10 Å². The molecular weight excluding hydrogens is 317 g/mol. The van der Waals surface area contributed by atoms with Gasteiger partial charge in [0.25, 0.3) is 5.91 Å². The van der Waals surface area contributed by atoms with Crippen LogP contribution < -0.4 is 5.73 Å². The minimum atomic E-state index is -1.16. The van der Waals surface area contributed by atoms with Gasteiger partial charge in [-0.1, -0.05) is 30.3 Å². The lowest BCUT2D eigenvalue weighted by Gasteiger charge is -2.14. The topological polar surface area (TPSA) is 69.4 Å². The van der Waals surface area contributed by atoms with Gasteiger partial charge >= 0.3 is 5.97 Å². The molecule has 1 unspecified atom stereocenters. The standard InChI is InChI=1S/C17H12FNO3S/c18-12-6-7-13-11(8-12)9-14(23-13)17(21)22-15(16(19)20)10-4-2-1-3-5-10/h1-9,15H,(H2,19,20). The maximum absolute atomic E-state index is 13.2. The summed E-state index contributed by atoms with van der Waals surface area (Å²) in [5, 5.41) is 0.609. The van der Waals surface area contributed by atoms with Gasteiger partial charge in [0.2, 0.25) is 6.10 Å². The number of hydrogen-bond acceptors (Lipinski definition) is 4. The molecule has 1 amide bonds. The van der Waals surface area contributed by atoms with E-state index in [4.69, 9.17) is 10.5 Å². The van der Waals surface area contributed by atoms with Crippen molar-refractivity contribution in [2.24, 2.45) is 5.73 Å². The summed E-state index contributed by atoms with van der Waals surface area (Å²) in [4.78, 5) is 24.1. The number of halogens is 1. The highest BCUT2D eigenvalue weighted by Gasteiger charge is 2.24. The fourth-order valence-electron chi connectivity index (χ4n) is 2.20. The largest absolute Gasteiger partial charge is 0.443 e. The average Bonchev–Trinajstić information content (AvgIpc) is 2.96. The summed E-state index contributed by atoms with van der Waals surface area (Å²) in [6, 6.07) is 14.3. The molecular formula is C17H12FNO3S. The summed E-state index contributed by atoms with van der Waals surface area (Å²) in [5.41, 5.74) is 5.83. The highest BCUT2D eigenvalue weighted by atomic mass is 32.1. The summed E-state index contributed by atoms with van der Waals surface area (Å²) >= 11 is 1.17. The highest BCUT2D eigenvalue weighted by molar-refractivity contribution is 7.20. The van der Waals surface area contributed by atoms with Gasteiger partial charge in [-0.3, -0.25) is 4.79 Å². The molecule has 0 spiro atoms. The SMILES string of the molecule is NC(=O)C(OC(=O)c1cc2cc(F)ccc2s1)c1ccccc1. The normalized spacial score (nSPS) is 12.0. The molecule has 0 radical (unpaired) electrons. The molecule has 0 fully saturated rings. The Bertz CT molecular complexity index is 876. The molecule has 0 saturated carbocycles.